The van der Waals surface area contributed by atoms with Gasteiger partial charge in [0.25, 0.3) is 5.69 Å². The van der Waals surface area contributed by atoms with Crippen molar-refractivity contribution in [3.05, 3.63) is 46.3 Å². The van der Waals surface area contributed by atoms with Gasteiger partial charge >= 0.3 is 5.97 Å². The maximum absolute atomic E-state index is 13.2. The normalized spacial score (nSPS) is 10.3. The van der Waals surface area contributed by atoms with Crippen molar-refractivity contribution in [2.45, 2.75) is 0 Å². The Hall–Kier alpha value is -2.77. The van der Waals surface area contributed by atoms with Gasteiger partial charge < -0.3 is 10.4 Å². The monoisotopic (exact) mass is 254 g/mol. The van der Waals surface area contributed by atoms with Crippen LogP contribution in [0.2, 0.25) is 0 Å². The van der Waals surface area contributed by atoms with Gasteiger partial charge in [-0.25, -0.2) is 9.18 Å². The maximum atomic E-state index is 13.2. The highest BCUT2D eigenvalue weighted by atomic mass is 19.1. The molecular weight excluding hydrogens is 247 g/mol. The van der Waals surface area contributed by atoms with E-state index in [-0.39, 0.29) is 0 Å². The molecule has 94 valence electrons. The lowest BCUT2D eigenvalue weighted by molar-refractivity contribution is -0.384. The summed E-state index contributed by atoms with van der Waals surface area (Å²) < 4.78 is 13.2. The first kappa shape index (κ1) is 13.3. The molecule has 18 heavy (non-hydrogen) atoms. The van der Waals surface area contributed by atoms with E-state index >= 15 is 0 Å². The van der Waals surface area contributed by atoms with E-state index in [0.29, 0.717) is 12.2 Å². The van der Waals surface area contributed by atoms with Crippen molar-refractivity contribution in [2.24, 2.45) is 0 Å². The number of nitrogens with zero attached hydrogens (tertiary/aromatic N) is 1. The predicted octanol–water partition coefficient (Wildman–Crippen LogP) is 1.31. The first-order valence-corrected chi connectivity index (χ1v) is 4.56. The summed E-state index contributed by atoms with van der Waals surface area (Å²) in [4.78, 5) is 31.0. The zero-order valence-electron chi connectivity index (χ0n) is 8.79. The fourth-order valence-electron chi connectivity index (χ4n) is 1.04. The summed E-state index contributed by atoms with van der Waals surface area (Å²) in [7, 11) is 0. The lowest BCUT2D eigenvalue weighted by Gasteiger charge is -2.03. The molecule has 0 aliphatic rings. The van der Waals surface area contributed by atoms with Crippen molar-refractivity contribution in [3.8, 4) is 0 Å². The molecular formula is C10H7FN2O5. The highest BCUT2D eigenvalue weighted by molar-refractivity contribution is 6.02. The summed E-state index contributed by atoms with van der Waals surface area (Å²) in [5, 5.41) is 20.7. The summed E-state index contributed by atoms with van der Waals surface area (Å²) in [6.07, 6.45) is 1.23. The minimum Gasteiger partial charge on any atom is -0.478 e. The number of nitrogens with one attached hydrogen (secondary N) is 1. The number of halogens is 1. The molecule has 0 bridgehead atoms. The van der Waals surface area contributed by atoms with Gasteiger partial charge in [0.2, 0.25) is 5.91 Å². The minimum absolute atomic E-state index is 0.395. The molecule has 2 N–H and O–H groups in total. The molecule has 0 aliphatic heterocycles. The van der Waals surface area contributed by atoms with E-state index in [0.717, 1.165) is 18.2 Å². The zero-order chi connectivity index (χ0) is 13.7. The summed E-state index contributed by atoms with van der Waals surface area (Å²) in [6, 6.07) is 2.61. The second kappa shape index (κ2) is 5.53. The number of carboxylic acids is 1. The van der Waals surface area contributed by atoms with Crippen LogP contribution in [0.25, 0.3) is 0 Å². The number of aliphatic carboxylic acids is 1. The zero-order valence-corrected chi connectivity index (χ0v) is 8.79. The summed E-state index contributed by atoms with van der Waals surface area (Å²) in [6.45, 7) is 0. The van der Waals surface area contributed by atoms with Crippen LogP contribution in [0.1, 0.15) is 0 Å². The lowest BCUT2D eigenvalue weighted by atomic mass is 10.2. The third kappa shape index (κ3) is 3.67. The number of hydrogen-bond acceptors (Lipinski definition) is 4. The molecule has 1 rings (SSSR count). The molecule has 1 aromatic rings. The lowest BCUT2D eigenvalue weighted by Crippen LogP contribution is -2.10. The van der Waals surface area contributed by atoms with Crippen molar-refractivity contribution in [3.63, 3.8) is 0 Å². The molecule has 0 fully saturated rings. The van der Waals surface area contributed by atoms with Crippen LogP contribution >= 0.6 is 0 Å². The van der Waals surface area contributed by atoms with Crippen LogP contribution in [-0.2, 0) is 9.59 Å². The number of benzene rings is 1. The number of amides is 1. The largest absolute Gasteiger partial charge is 0.478 e. The Morgan fingerprint density at radius 1 is 1.39 bits per heavy atom. The van der Waals surface area contributed by atoms with Gasteiger partial charge in [-0.3, -0.25) is 14.9 Å². The smallest absolute Gasteiger partial charge is 0.328 e. The number of rotatable bonds is 4. The fourth-order valence-corrected chi connectivity index (χ4v) is 1.04. The molecule has 0 heterocycles. The van der Waals surface area contributed by atoms with Gasteiger partial charge in [-0.15, -0.1) is 0 Å². The van der Waals surface area contributed by atoms with Crippen molar-refractivity contribution in [1.29, 1.82) is 0 Å². The van der Waals surface area contributed by atoms with Crippen molar-refractivity contribution in [2.75, 3.05) is 5.32 Å². The first-order valence-electron chi connectivity index (χ1n) is 4.56. The number of carboxylic acid groups (broad SMARTS) is 1. The number of nitro benzene ring substituents is 1. The molecule has 0 spiro atoms. The van der Waals surface area contributed by atoms with Crippen LogP contribution < -0.4 is 5.32 Å². The average molecular weight is 254 g/mol. The van der Waals surface area contributed by atoms with Gasteiger partial charge in [-0.2, -0.15) is 0 Å². The number of anilines is 1. The van der Waals surface area contributed by atoms with E-state index in [1.165, 1.54) is 0 Å². The third-order valence-electron chi connectivity index (χ3n) is 1.80. The molecule has 0 atom stereocenters. The molecule has 1 aromatic carbocycles. The Bertz CT molecular complexity index is 541. The van der Waals surface area contributed by atoms with Gasteiger partial charge in [-0.05, 0) is 6.07 Å². The molecule has 0 radical (unpaired) electrons. The maximum Gasteiger partial charge on any atom is 0.328 e. The van der Waals surface area contributed by atoms with Crippen molar-refractivity contribution < 1.29 is 24.0 Å². The van der Waals surface area contributed by atoms with Crippen molar-refractivity contribution in [1.82, 2.24) is 0 Å². The average Bonchev–Trinajstić information content (AvgIpc) is 2.29. The van der Waals surface area contributed by atoms with E-state index < -0.39 is 34.0 Å². The Labute approximate surface area is 99.7 Å². The van der Waals surface area contributed by atoms with E-state index in [4.69, 9.17) is 5.11 Å². The van der Waals surface area contributed by atoms with Crippen LogP contribution in [0.5, 0.6) is 0 Å². The van der Waals surface area contributed by atoms with Crippen LogP contribution in [-0.4, -0.2) is 21.9 Å². The molecule has 8 heteroatoms. The Morgan fingerprint density at radius 2 is 2.06 bits per heavy atom. The van der Waals surface area contributed by atoms with Gasteiger partial charge in [0.15, 0.2) is 0 Å². The van der Waals surface area contributed by atoms with E-state index in [1.54, 1.807) is 0 Å². The number of carbonyl (C=O) groups is 2. The Morgan fingerprint density at radius 3 is 2.61 bits per heavy atom. The predicted molar refractivity (Wildman–Crippen MR) is 58.5 cm³/mol. The molecule has 0 aliphatic carbocycles. The van der Waals surface area contributed by atoms with Crippen LogP contribution in [0.4, 0.5) is 15.8 Å². The van der Waals surface area contributed by atoms with Gasteiger partial charge in [-0.1, -0.05) is 0 Å². The second-order valence-electron chi connectivity index (χ2n) is 3.08. The number of nitro groups is 1. The van der Waals surface area contributed by atoms with Crippen molar-refractivity contribution >= 4 is 23.3 Å². The molecule has 1 amide bonds. The number of carbonyl (C=O) groups excluding carboxylic acids is 1. The second-order valence-corrected chi connectivity index (χ2v) is 3.08. The topological polar surface area (TPSA) is 110 Å². The van der Waals surface area contributed by atoms with Gasteiger partial charge in [0.05, 0.1) is 10.6 Å². The quantitative estimate of drug-likeness (QED) is 0.478. The molecule has 0 aromatic heterocycles. The molecule has 0 saturated heterocycles. The molecule has 0 unspecified atom stereocenters. The number of hydrogen-bond donors (Lipinski definition) is 2. The Balaban J connectivity index is 2.90. The Kier molecular flexibility index (Phi) is 4.08. The number of non-ortho nitro benzene ring substituents is 1. The van der Waals surface area contributed by atoms with E-state index in [2.05, 4.69) is 0 Å². The van der Waals surface area contributed by atoms with Crippen LogP contribution in [0, 0.1) is 15.9 Å². The standard InChI is InChI=1S/C10H7FN2O5/c11-7-2-1-6(13(17)18)5-8(7)12-9(14)3-4-10(15)16/h1-5H,(H,12,14)(H,15,16)/b4-3+. The third-order valence-corrected chi connectivity index (χ3v) is 1.80. The highest BCUT2D eigenvalue weighted by Crippen LogP contribution is 2.21. The van der Waals surface area contributed by atoms with Gasteiger partial charge in [0, 0.05) is 24.3 Å². The van der Waals surface area contributed by atoms with Gasteiger partial charge in [0.1, 0.15) is 5.82 Å². The molecule has 0 saturated carbocycles. The summed E-state index contributed by atoms with van der Waals surface area (Å²) in [5.41, 5.74) is -0.793. The minimum atomic E-state index is -1.34. The summed E-state index contributed by atoms with van der Waals surface area (Å²) in [5.74, 6) is -3.11. The highest BCUT2D eigenvalue weighted by Gasteiger charge is 2.12. The molecule has 7 nitrogen and oxygen atoms in total. The summed E-state index contributed by atoms with van der Waals surface area (Å²) >= 11 is 0. The SMILES string of the molecule is O=C(O)/C=C/C(=O)Nc1cc([N+](=O)[O-])ccc1F. The van der Waals surface area contributed by atoms with E-state index in [1.807, 2.05) is 5.32 Å². The van der Waals surface area contributed by atoms with Crippen LogP contribution in [0.3, 0.4) is 0 Å². The fraction of sp³-hybridized carbons (Fsp3) is 0. The van der Waals surface area contributed by atoms with Crippen LogP contribution in [0.15, 0.2) is 30.4 Å². The first-order chi connectivity index (χ1) is 8.40. The van der Waals surface area contributed by atoms with E-state index in [9.17, 15) is 24.1 Å².